The van der Waals surface area contributed by atoms with Crippen molar-refractivity contribution in [3.63, 3.8) is 0 Å². The van der Waals surface area contributed by atoms with Gasteiger partial charge in [-0.15, -0.1) is 0 Å². The Bertz CT molecular complexity index is 4150. The Balaban J connectivity index is 0.000000115. The fourth-order valence-corrected chi connectivity index (χ4v) is 10.2. The number of H-pyrrole nitrogens is 2. The van der Waals surface area contributed by atoms with Gasteiger partial charge in [0.1, 0.15) is 0 Å². The van der Waals surface area contributed by atoms with Crippen LogP contribution in [0.2, 0.25) is 0 Å². The third-order valence-corrected chi connectivity index (χ3v) is 13.5. The van der Waals surface area contributed by atoms with E-state index >= 15 is 0 Å². The van der Waals surface area contributed by atoms with Crippen molar-refractivity contribution in [1.82, 2.24) is 19.1 Å². The highest BCUT2D eigenvalue weighted by molar-refractivity contribution is 9.10. The standard InChI is InChI=1S/C30H20N2.C18H14BNO2.C12H8BrN/c1-2-8-22(9-3-1)32-29-13-7-5-11-24(29)26-19-21(15-17-30(26)32)20-14-16-28-25(18-20)23-10-4-6-12-27(23)31-28;21-19(22)13-10-11-18-16(12-13)15-8-4-5-9-17(15)20(18)14-6-2-1-3-7-14;13-8-5-6-12-10(7-8)9-3-1-2-4-11(9)14-12/h1-19,31H;1-12,21-22H;1-7,14H. The number of hydrogen-bond donors (Lipinski definition) is 4. The Labute approximate surface area is 400 Å². The van der Waals surface area contributed by atoms with Gasteiger partial charge < -0.3 is 29.2 Å². The molecule has 10 aromatic carbocycles. The van der Waals surface area contributed by atoms with Crippen LogP contribution < -0.4 is 5.46 Å². The number of fused-ring (bicyclic) bond motifs is 12. The molecule has 0 amide bonds. The largest absolute Gasteiger partial charge is 0.488 e. The number of para-hydroxylation sites is 6. The van der Waals surface area contributed by atoms with Crippen LogP contribution in [0.25, 0.3) is 110 Å². The Hall–Kier alpha value is -8.14. The van der Waals surface area contributed by atoms with E-state index in [4.69, 9.17) is 0 Å². The first-order valence-electron chi connectivity index (χ1n) is 22.7. The predicted octanol–water partition coefficient (Wildman–Crippen LogP) is 14.6. The van der Waals surface area contributed by atoms with Crippen molar-refractivity contribution in [3.05, 3.63) is 235 Å². The number of rotatable bonds is 4. The number of aromatic amines is 2. The summed E-state index contributed by atoms with van der Waals surface area (Å²) in [6, 6.07) is 79.9. The van der Waals surface area contributed by atoms with E-state index in [1.807, 2.05) is 48.5 Å². The monoisotopic (exact) mass is 940 g/mol. The SMILES string of the molecule is Brc1ccc2[nH]c3ccccc3c2c1.OB(O)c1ccc2c(c1)c1ccccc1n2-c1ccccc1.c1ccc(-n2c3ccccc3c3cc(-c4ccc5[nH]c6ccccc6c5c4)ccc32)cc1. The van der Waals surface area contributed by atoms with E-state index in [1.54, 1.807) is 6.07 Å². The second-order valence-corrected chi connectivity index (χ2v) is 18.0. The highest BCUT2D eigenvalue weighted by atomic mass is 79.9. The first-order chi connectivity index (χ1) is 33.5. The number of nitrogens with zero attached hydrogens (tertiary/aromatic N) is 2. The summed E-state index contributed by atoms with van der Waals surface area (Å²) in [5, 5.41) is 28.6. The maximum atomic E-state index is 9.43. The van der Waals surface area contributed by atoms with E-state index < -0.39 is 7.12 Å². The Kier molecular flexibility index (Phi) is 10.5. The second-order valence-electron chi connectivity index (χ2n) is 17.0. The fraction of sp³-hybridized carbons (Fsp3) is 0. The van der Waals surface area contributed by atoms with E-state index in [-0.39, 0.29) is 0 Å². The summed E-state index contributed by atoms with van der Waals surface area (Å²) in [5.74, 6) is 0. The molecule has 0 saturated carbocycles. The van der Waals surface area contributed by atoms with Crippen molar-refractivity contribution in [3.8, 4) is 22.5 Å². The Morgan fingerprint density at radius 2 is 0.721 bits per heavy atom. The summed E-state index contributed by atoms with van der Waals surface area (Å²) in [5.41, 5.74) is 14.6. The van der Waals surface area contributed by atoms with Gasteiger partial charge in [-0.25, -0.2) is 0 Å². The van der Waals surface area contributed by atoms with Gasteiger partial charge in [-0.2, -0.15) is 0 Å². The molecule has 0 bridgehead atoms. The fourth-order valence-electron chi connectivity index (χ4n) is 9.86. The molecule has 0 aliphatic rings. The highest BCUT2D eigenvalue weighted by Gasteiger charge is 2.17. The summed E-state index contributed by atoms with van der Waals surface area (Å²) < 4.78 is 5.67. The molecule has 0 spiro atoms. The van der Waals surface area contributed by atoms with E-state index in [9.17, 15) is 10.0 Å². The molecule has 8 heteroatoms. The van der Waals surface area contributed by atoms with Gasteiger partial charge in [0.2, 0.25) is 0 Å². The number of hydrogen-bond acceptors (Lipinski definition) is 2. The van der Waals surface area contributed by atoms with Crippen LogP contribution in [0.1, 0.15) is 0 Å². The van der Waals surface area contributed by atoms with Gasteiger partial charge in [-0.3, -0.25) is 0 Å². The molecule has 6 nitrogen and oxygen atoms in total. The minimum Gasteiger partial charge on any atom is -0.423 e. The van der Waals surface area contributed by atoms with Crippen molar-refractivity contribution in [2.24, 2.45) is 0 Å². The minimum atomic E-state index is -1.46. The molecular weight excluding hydrogens is 899 g/mol. The van der Waals surface area contributed by atoms with E-state index in [0.29, 0.717) is 5.46 Å². The van der Waals surface area contributed by atoms with Gasteiger partial charge >= 0.3 is 7.12 Å². The van der Waals surface area contributed by atoms with E-state index in [1.165, 1.54) is 82.2 Å². The van der Waals surface area contributed by atoms with Gasteiger partial charge in [-0.1, -0.05) is 149 Å². The second kappa shape index (κ2) is 17.3. The lowest BCUT2D eigenvalue weighted by atomic mass is 9.80. The van der Waals surface area contributed by atoms with Crippen molar-refractivity contribution < 1.29 is 10.0 Å². The quantitative estimate of drug-likeness (QED) is 0.133. The molecule has 14 aromatic rings. The van der Waals surface area contributed by atoms with Crippen LogP contribution in [0.15, 0.2) is 235 Å². The summed E-state index contributed by atoms with van der Waals surface area (Å²) in [6.07, 6.45) is 0. The predicted molar refractivity (Wildman–Crippen MR) is 290 cm³/mol. The van der Waals surface area contributed by atoms with Crippen LogP contribution in [-0.2, 0) is 0 Å². The third-order valence-electron chi connectivity index (χ3n) is 13.0. The number of nitrogens with one attached hydrogen (secondary N) is 2. The molecule has 0 aliphatic heterocycles. The number of aromatic nitrogens is 4. The first kappa shape index (κ1) is 41.3. The van der Waals surface area contributed by atoms with Gasteiger partial charge in [0.05, 0.1) is 22.1 Å². The Morgan fingerprint density at radius 3 is 1.28 bits per heavy atom. The minimum absolute atomic E-state index is 0.503. The van der Waals surface area contributed by atoms with Gasteiger partial charge in [0.15, 0.2) is 0 Å². The zero-order valence-electron chi connectivity index (χ0n) is 36.7. The summed E-state index contributed by atoms with van der Waals surface area (Å²) in [4.78, 5) is 6.91. The summed E-state index contributed by atoms with van der Waals surface area (Å²) in [7, 11) is -1.46. The van der Waals surface area contributed by atoms with Crippen molar-refractivity contribution in [1.29, 1.82) is 0 Å². The van der Waals surface area contributed by atoms with Crippen molar-refractivity contribution in [2.75, 3.05) is 0 Å². The molecule has 68 heavy (non-hydrogen) atoms. The van der Waals surface area contributed by atoms with Crippen molar-refractivity contribution in [2.45, 2.75) is 0 Å². The van der Waals surface area contributed by atoms with Crippen molar-refractivity contribution >= 4 is 116 Å². The molecular formula is C60H42BBrN4O2. The Morgan fingerprint density at radius 1 is 0.324 bits per heavy atom. The molecule has 0 radical (unpaired) electrons. The highest BCUT2D eigenvalue weighted by Crippen LogP contribution is 2.37. The van der Waals surface area contributed by atoms with Gasteiger partial charge in [0, 0.05) is 81.0 Å². The van der Waals surface area contributed by atoms with Crippen LogP contribution in [0, 0.1) is 0 Å². The molecule has 14 rings (SSSR count). The summed E-state index contributed by atoms with van der Waals surface area (Å²) in [6.45, 7) is 0. The van der Waals surface area contributed by atoms with Gasteiger partial charge in [-0.05, 0) is 114 Å². The topological polar surface area (TPSA) is 81.9 Å². The third kappa shape index (κ3) is 7.32. The van der Waals surface area contributed by atoms with Crippen LogP contribution in [0.5, 0.6) is 0 Å². The van der Waals surface area contributed by atoms with Crippen LogP contribution >= 0.6 is 15.9 Å². The average Bonchev–Trinajstić information content (AvgIpc) is 4.14. The van der Waals surface area contributed by atoms with E-state index in [0.717, 1.165) is 32.0 Å². The molecule has 0 aliphatic carbocycles. The van der Waals surface area contributed by atoms with E-state index in [2.05, 4.69) is 211 Å². The molecule has 0 fully saturated rings. The van der Waals surface area contributed by atoms with Crippen LogP contribution in [0.4, 0.5) is 0 Å². The molecule has 4 N–H and O–H groups in total. The molecule has 0 saturated heterocycles. The zero-order valence-corrected chi connectivity index (χ0v) is 38.3. The molecule has 324 valence electrons. The van der Waals surface area contributed by atoms with Gasteiger partial charge in [0.25, 0.3) is 0 Å². The smallest absolute Gasteiger partial charge is 0.423 e. The lowest BCUT2D eigenvalue weighted by Gasteiger charge is -2.08. The number of halogens is 1. The number of benzene rings is 10. The summed E-state index contributed by atoms with van der Waals surface area (Å²) >= 11 is 3.49. The lowest BCUT2D eigenvalue weighted by Crippen LogP contribution is -2.29. The maximum Gasteiger partial charge on any atom is 0.488 e. The lowest BCUT2D eigenvalue weighted by molar-refractivity contribution is 0.426. The molecule has 4 heterocycles. The zero-order chi connectivity index (χ0) is 45.7. The first-order valence-corrected chi connectivity index (χ1v) is 23.5. The molecule has 0 atom stereocenters. The van der Waals surface area contributed by atoms with Crippen LogP contribution in [-0.4, -0.2) is 36.3 Å². The molecule has 4 aromatic heterocycles. The maximum absolute atomic E-state index is 9.43. The normalized spacial score (nSPS) is 11.5. The average molecular weight is 942 g/mol. The van der Waals surface area contributed by atoms with Crippen LogP contribution in [0.3, 0.4) is 0 Å². The molecule has 0 unspecified atom stereocenters.